The number of carbonyl (C=O) groups is 1. The fourth-order valence-corrected chi connectivity index (χ4v) is 2.47. The van der Waals surface area contributed by atoms with Crippen LogP contribution in [0.1, 0.15) is 42.1 Å². The van der Waals surface area contributed by atoms with E-state index in [1.165, 1.54) is 24.8 Å². The van der Waals surface area contributed by atoms with Crippen molar-refractivity contribution in [1.82, 2.24) is 5.32 Å². The highest BCUT2D eigenvalue weighted by Gasteiger charge is 2.25. The fraction of sp³-hybridized carbons (Fsp3) is 0.500. The molecule has 17 heavy (non-hydrogen) atoms. The third kappa shape index (κ3) is 3.09. The minimum absolute atomic E-state index is 0.0468. The molecule has 0 aliphatic heterocycles. The monoisotopic (exact) mass is 295 g/mol. The summed E-state index contributed by atoms with van der Waals surface area (Å²) in [6.07, 6.45) is 3.82. The molecule has 92 valence electrons. The molecule has 0 bridgehead atoms. The molecule has 1 amide bonds. The van der Waals surface area contributed by atoms with Crippen LogP contribution in [0.5, 0.6) is 0 Å². The molecular formula is C14H18BrNO. The van der Waals surface area contributed by atoms with Crippen LogP contribution in [0.3, 0.4) is 0 Å². The van der Waals surface area contributed by atoms with E-state index in [-0.39, 0.29) is 5.91 Å². The number of rotatable bonds is 4. The predicted molar refractivity (Wildman–Crippen MR) is 73.3 cm³/mol. The molecule has 0 saturated heterocycles. The predicted octanol–water partition coefficient (Wildman–Crippen LogP) is 3.50. The van der Waals surface area contributed by atoms with E-state index in [4.69, 9.17) is 0 Å². The number of nitrogens with one attached hydrogen (secondary N) is 1. The molecule has 1 aromatic carbocycles. The molecule has 0 spiro atoms. The van der Waals surface area contributed by atoms with Crippen LogP contribution >= 0.6 is 15.9 Å². The van der Waals surface area contributed by atoms with Gasteiger partial charge in [0.05, 0.1) is 0 Å². The van der Waals surface area contributed by atoms with Crippen LogP contribution in [0.15, 0.2) is 24.3 Å². The first-order chi connectivity index (χ1) is 8.20. The van der Waals surface area contributed by atoms with Crippen molar-refractivity contribution in [1.29, 1.82) is 0 Å². The number of halogens is 1. The molecule has 0 radical (unpaired) electrons. The molecule has 3 heteroatoms. The Morgan fingerprint density at radius 3 is 2.53 bits per heavy atom. The van der Waals surface area contributed by atoms with Crippen LogP contribution in [-0.4, -0.2) is 11.9 Å². The second-order valence-corrected chi connectivity index (χ2v) is 5.34. The van der Waals surface area contributed by atoms with Gasteiger partial charge in [0.2, 0.25) is 0 Å². The lowest BCUT2D eigenvalue weighted by Crippen LogP contribution is -2.40. The normalized spacial score (nSPS) is 17.3. The molecule has 1 aromatic rings. The zero-order valence-electron chi connectivity index (χ0n) is 10.1. The van der Waals surface area contributed by atoms with Gasteiger partial charge in [-0.3, -0.25) is 4.79 Å². The van der Waals surface area contributed by atoms with Gasteiger partial charge in [-0.25, -0.2) is 0 Å². The van der Waals surface area contributed by atoms with Gasteiger partial charge in [-0.1, -0.05) is 34.5 Å². The molecule has 1 fully saturated rings. The Morgan fingerprint density at radius 1 is 1.41 bits per heavy atom. The molecule has 1 aliphatic carbocycles. The van der Waals surface area contributed by atoms with Gasteiger partial charge in [-0.15, -0.1) is 0 Å². The van der Waals surface area contributed by atoms with E-state index in [0.717, 1.165) is 10.9 Å². The first-order valence-corrected chi connectivity index (χ1v) is 7.28. The summed E-state index contributed by atoms with van der Waals surface area (Å²) in [6, 6.07) is 8.04. The molecule has 2 nitrogen and oxygen atoms in total. The Balaban J connectivity index is 1.93. The van der Waals surface area contributed by atoms with Crippen molar-refractivity contribution in [2.45, 2.75) is 37.6 Å². The van der Waals surface area contributed by atoms with Gasteiger partial charge in [0.1, 0.15) is 0 Å². The van der Waals surface area contributed by atoms with Crippen molar-refractivity contribution in [2.75, 3.05) is 0 Å². The van der Waals surface area contributed by atoms with Gasteiger partial charge in [0.15, 0.2) is 0 Å². The maximum Gasteiger partial charge on any atom is 0.251 e. The van der Waals surface area contributed by atoms with Gasteiger partial charge < -0.3 is 5.32 Å². The van der Waals surface area contributed by atoms with Crippen LogP contribution in [0.25, 0.3) is 0 Å². The second-order valence-electron chi connectivity index (χ2n) is 4.78. The maximum absolute atomic E-state index is 12.0. The van der Waals surface area contributed by atoms with Crippen molar-refractivity contribution >= 4 is 21.8 Å². The summed E-state index contributed by atoms with van der Waals surface area (Å²) >= 11 is 3.39. The topological polar surface area (TPSA) is 29.1 Å². The van der Waals surface area contributed by atoms with Crippen molar-refractivity contribution < 1.29 is 4.79 Å². The highest BCUT2D eigenvalue weighted by atomic mass is 79.9. The largest absolute Gasteiger partial charge is 0.349 e. The number of benzene rings is 1. The first-order valence-electron chi connectivity index (χ1n) is 6.16. The van der Waals surface area contributed by atoms with Gasteiger partial charge in [-0.05, 0) is 43.4 Å². The molecule has 1 N–H and O–H groups in total. The number of amides is 1. The summed E-state index contributed by atoms with van der Waals surface area (Å²) in [5.74, 6) is 0.728. The molecular weight excluding hydrogens is 278 g/mol. The highest BCUT2D eigenvalue weighted by molar-refractivity contribution is 9.08. The van der Waals surface area contributed by atoms with Crippen molar-refractivity contribution in [2.24, 2.45) is 5.92 Å². The van der Waals surface area contributed by atoms with Crippen molar-refractivity contribution in [3.63, 3.8) is 0 Å². The van der Waals surface area contributed by atoms with E-state index in [9.17, 15) is 4.79 Å². The fourth-order valence-electron chi connectivity index (χ4n) is 2.09. The zero-order valence-corrected chi connectivity index (χ0v) is 11.7. The Morgan fingerprint density at radius 2 is 2.06 bits per heavy atom. The lowest BCUT2D eigenvalue weighted by atomic mass is 9.80. The second kappa shape index (κ2) is 5.67. The van der Waals surface area contributed by atoms with Crippen LogP contribution in [0.2, 0.25) is 0 Å². The van der Waals surface area contributed by atoms with Crippen molar-refractivity contribution in [3.05, 3.63) is 35.4 Å². The van der Waals surface area contributed by atoms with Gasteiger partial charge in [0.25, 0.3) is 5.91 Å². The Bertz CT molecular complexity index is 384. The van der Waals surface area contributed by atoms with Crippen LogP contribution in [0.4, 0.5) is 0 Å². The van der Waals surface area contributed by atoms with E-state index in [1.54, 1.807) is 0 Å². The Hall–Kier alpha value is -0.830. The number of hydrogen-bond donors (Lipinski definition) is 1. The minimum atomic E-state index is 0.0468. The third-order valence-electron chi connectivity index (χ3n) is 3.59. The molecule has 1 unspecified atom stereocenters. The highest BCUT2D eigenvalue weighted by Crippen LogP contribution is 2.29. The van der Waals surface area contributed by atoms with Crippen LogP contribution in [-0.2, 0) is 5.33 Å². The Labute approximate surface area is 111 Å². The van der Waals surface area contributed by atoms with E-state index in [1.807, 2.05) is 24.3 Å². The smallest absolute Gasteiger partial charge is 0.251 e. The Kier molecular flexibility index (Phi) is 4.21. The number of hydrogen-bond acceptors (Lipinski definition) is 1. The summed E-state index contributed by atoms with van der Waals surface area (Å²) < 4.78 is 0. The SMILES string of the molecule is CC(NC(=O)c1ccc(CBr)cc1)C1CCC1. The van der Waals surface area contributed by atoms with Crippen LogP contribution < -0.4 is 5.32 Å². The summed E-state index contributed by atoms with van der Waals surface area (Å²) in [5, 5.41) is 3.91. The number of alkyl halides is 1. The van der Waals surface area contributed by atoms with E-state index >= 15 is 0 Å². The lowest BCUT2D eigenvalue weighted by Gasteiger charge is -2.31. The quantitative estimate of drug-likeness (QED) is 0.847. The van der Waals surface area contributed by atoms with Gasteiger partial charge in [0, 0.05) is 16.9 Å². The average molecular weight is 296 g/mol. The standard InChI is InChI=1S/C14H18BrNO/c1-10(12-3-2-4-12)16-14(17)13-7-5-11(9-15)6-8-13/h5-8,10,12H,2-4,9H2,1H3,(H,16,17). The number of carbonyl (C=O) groups excluding carboxylic acids is 1. The zero-order chi connectivity index (χ0) is 12.3. The molecule has 0 aromatic heterocycles. The molecule has 1 saturated carbocycles. The third-order valence-corrected chi connectivity index (χ3v) is 4.23. The van der Waals surface area contributed by atoms with E-state index in [0.29, 0.717) is 12.0 Å². The van der Waals surface area contributed by atoms with Crippen molar-refractivity contribution in [3.8, 4) is 0 Å². The minimum Gasteiger partial charge on any atom is -0.349 e. The molecule has 0 heterocycles. The summed E-state index contributed by atoms with van der Waals surface area (Å²) in [5.41, 5.74) is 1.94. The first kappa shape index (κ1) is 12.6. The van der Waals surface area contributed by atoms with E-state index in [2.05, 4.69) is 28.2 Å². The maximum atomic E-state index is 12.0. The molecule has 2 rings (SSSR count). The van der Waals surface area contributed by atoms with Crippen LogP contribution in [0, 0.1) is 5.92 Å². The molecule has 1 atom stereocenters. The molecule has 1 aliphatic rings. The summed E-state index contributed by atoms with van der Waals surface area (Å²) in [4.78, 5) is 12.0. The van der Waals surface area contributed by atoms with E-state index < -0.39 is 0 Å². The average Bonchev–Trinajstić information content (AvgIpc) is 2.26. The van der Waals surface area contributed by atoms with Gasteiger partial charge in [-0.2, -0.15) is 0 Å². The summed E-state index contributed by atoms with van der Waals surface area (Å²) in [7, 11) is 0. The summed E-state index contributed by atoms with van der Waals surface area (Å²) in [6.45, 7) is 2.11. The van der Waals surface area contributed by atoms with Gasteiger partial charge >= 0.3 is 0 Å². The lowest BCUT2D eigenvalue weighted by molar-refractivity contribution is 0.0909.